The predicted molar refractivity (Wildman–Crippen MR) is 73.0 cm³/mol. The molecule has 88 valence electrons. The van der Waals surface area contributed by atoms with Crippen molar-refractivity contribution >= 4 is 21.6 Å². The molecule has 16 heavy (non-hydrogen) atoms. The summed E-state index contributed by atoms with van der Waals surface area (Å²) in [5.41, 5.74) is 1.29. The number of benzene rings is 1. The molecule has 1 aliphatic rings. The van der Waals surface area contributed by atoms with Crippen molar-refractivity contribution < 1.29 is 0 Å². The van der Waals surface area contributed by atoms with E-state index in [1.807, 2.05) is 0 Å². The predicted octanol–water partition coefficient (Wildman–Crippen LogP) is 2.88. The summed E-state index contributed by atoms with van der Waals surface area (Å²) in [4.78, 5) is 2.34. The molecule has 1 atom stereocenters. The van der Waals surface area contributed by atoms with Crippen LogP contribution in [0.15, 0.2) is 28.7 Å². The van der Waals surface area contributed by atoms with Gasteiger partial charge in [0.1, 0.15) is 0 Å². The van der Waals surface area contributed by atoms with Gasteiger partial charge in [0, 0.05) is 18.1 Å². The highest BCUT2D eigenvalue weighted by molar-refractivity contribution is 9.10. The average Bonchev–Trinajstić information content (AvgIpc) is 2.79. The zero-order valence-electron chi connectivity index (χ0n) is 9.75. The fourth-order valence-electron chi connectivity index (χ4n) is 2.22. The summed E-state index contributed by atoms with van der Waals surface area (Å²) >= 11 is 3.60. The van der Waals surface area contributed by atoms with E-state index in [1.165, 1.54) is 36.1 Å². The van der Waals surface area contributed by atoms with Gasteiger partial charge in [-0.05, 0) is 59.9 Å². The largest absolute Gasteiger partial charge is 0.374 e. The Morgan fingerprint density at radius 2 is 2.25 bits per heavy atom. The minimum absolute atomic E-state index is 0.866. The molecule has 1 fully saturated rings. The molecular formula is C13H19BrN2. The molecule has 0 bridgehead atoms. The fraction of sp³-hybridized carbons (Fsp3) is 0.538. The lowest BCUT2D eigenvalue weighted by molar-refractivity contribution is 0.533. The molecule has 1 aromatic rings. The van der Waals surface area contributed by atoms with Gasteiger partial charge in [0.15, 0.2) is 0 Å². The minimum Gasteiger partial charge on any atom is -0.374 e. The van der Waals surface area contributed by atoms with Crippen molar-refractivity contribution in [2.75, 3.05) is 31.6 Å². The number of para-hydroxylation sites is 1. The molecular weight excluding hydrogens is 264 g/mol. The minimum atomic E-state index is 0.866. The lowest BCUT2D eigenvalue weighted by Crippen LogP contribution is -2.22. The lowest BCUT2D eigenvalue weighted by atomic mass is 10.0. The summed E-state index contributed by atoms with van der Waals surface area (Å²) in [7, 11) is 2.17. The Balaban J connectivity index is 1.87. The maximum Gasteiger partial charge on any atom is 0.0508 e. The highest BCUT2D eigenvalue weighted by Gasteiger charge is 2.15. The summed E-state index contributed by atoms with van der Waals surface area (Å²) in [6, 6.07) is 8.41. The molecule has 0 radical (unpaired) electrons. The molecule has 3 heteroatoms. The number of hydrogen-bond donors (Lipinski definition) is 1. The second-order valence-corrected chi connectivity index (χ2v) is 5.37. The van der Waals surface area contributed by atoms with E-state index in [9.17, 15) is 0 Å². The van der Waals surface area contributed by atoms with Crippen molar-refractivity contribution in [3.8, 4) is 0 Å². The van der Waals surface area contributed by atoms with Crippen LogP contribution in [0.25, 0.3) is 0 Å². The summed E-state index contributed by atoms with van der Waals surface area (Å²) < 4.78 is 1.18. The average molecular weight is 283 g/mol. The Hall–Kier alpha value is -0.540. The van der Waals surface area contributed by atoms with Crippen molar-refractivity contribution in [3.63, 3.8) is 0 Å². The molecule has 1 unspecified atom stereocenters. The van der Waals surface area contributed by atoms with Crippen LogP contribution in [0.1, 0.15) is 12.8 Å². The zero-order valence-corrected chi connectivity index (χ0v) is 11.3. The van der Waals surface area contributed by atoms with Crippen LogP contribution >= 0.6 is 15.9 Å². The van der Waals surface area contributed by atoms with Crippen molar-refractivity contribution in [2.24, 2.45) is 5.92 Å². The maximum atomic E-state index is 3.60. The highest BCUT2D eigenvalue weighted by Crippen LogP contribution is 2.25. The lowest BCUT2D eigenvalue weighted by Gasteiger charge is -2.22. The number of nitrogens with zero attached hydrogens (tertiary/aromatic N) is 1. The summed E-state index contributed by atoms with van der Waals surface area (Å²) in [6.45, 7) is 3.53. The first-order valence-electron chi connectivity index (χ1n) is 5.94. The van der Waals surface area contributed by atoms with Gasteiger partial charge in [0.05, 0.1) is 5.69 Å². The van der Waals surface area contributed by atoms with Crippen LogP contribution in [0.2, 0.25) is 0 Å². The van der Waals surface area contributed by atoms with Crippen molar-refractivity contribution in [3.05, 3.63) is 28.7 Å². The van der Waals surface area contributed by atoms with Crippen LogP contribution in [0.3, 0.4) is 0 Å². The van der Waals surface area contributed by atoms with Gasteiger partial charge in [-0.2, -0.15) is 0 Å². The molecule has 2 nitrogen and oxygen atoms in total. The summed E-state index contributed by atoms with van der Waals surface area (Å²) in [6.07, 6.45) is 2.62. The summed E-state index contributed by atoms with van der Waals surface area (Å²) in [5.74, 6) is 0.866. The number of anilines is 1. The van der Waals surface area contributed by atoms with Crippen LogP contribution in [0.4, 0.5) is 5.69 Å². The van der Waals surface area contributed by atoms with E-state index in [0.717, 1.165) is 12.5 Å². The quantitative estimate of drug-likeness (QED) is 0.914. The van der Waals surface area contributed by atoms with E-state index in [4.69, 9.17) is 0 Å². The molecule has 1 saturated heterocycles. The summed E-state index contributed by atoms with van der Waals surface area (Å²) in [5, 5.41) is 3.42. The third kappa shape index (κ3) is 2.98. The number of nitrogens with one attached hydrogen (secondary N) is 1. The smallest absolute Gasteiger partial charge is 0.0508 e. The number of hydrogen-bond acceptors (Lipinski definition) is 2. The second-order valence-electron chi connectivity index (χ2n) is 4.52. The van der Waals surface area contributed by atoms with Gasteiger partial charge in [-0.1, -0.05) is 12.1 Å². The van der Waals surface area contributed by atoms with Gasteiger partial charge >= 0.3 is 0 Å². The fourth-order valence-corrected chi connectivity index (χ4v) is 2.81. The van der Waals surface area contributed by atoms with E-state index in [0.29, 0.717) is 0 Å². The normalized spacial score (nSPS) is 20.0. The maximum absolute atomic E-state index is 3.60. The zero-order chi connectivity index (χ0) is 11.4. The third-order valence-electron chi connectivity index (χ3n) is 3.30. The van der Waals surface area contributed by atoms with Crippen LogP contribution in [-0.2, 0) is 0 Å². The van der Waals surface area contributed by atoms with Gasteiger partial charge in [0.25, 0.3) is 0 Å². The molecule has 0 aliphatic carbocycles. The van der Waals surface area contributed by atoms with Crippen molar-refractivity contribution in [1.29, 1.82) is 0 Å². The molecule has 1 heterocycles. The van der Waals surface area contributed by atoms with Crippen LogP contribution in [0.5, 0.6) is 0 Å². The Morgan fingerprint density at radius 1 is 1.44 bits per heavy atom. The van der Waals surface area contributed by atoms with E-state index in [2.05, 4.69) is 57.5 Å². The first-order valence-corrected chi connectivity index (χ1v) is 6.73. The van der Waals surface area contributed by atoms with Gasteiger partial charge in [-0.3, -0.25) is 0 Å². The molecule has 1 aromatic carbocycles. The van der Waals surface area contributed by atoms with Crippen molar-refractivity contribution in [2.45, 2.75) is 12.8 Å². The molecule has 1 aliphatic heterocycles. The Morgan fingerprint density at radius 3 is 2.94 bits per heavy atom. The van der Waals surface area contributed by atoms with E-state index in [-0.39, 0.29) is 0 Å². The second kappa shape index (κ2) is 5.69. The highest BCUT2D eigenvalue weighted by atomic mass is 79.9. The number of halogens is 1. The molecule has 0 amide bonds. The van der Waals surface area contributed by atoms with Gasteiger partial charge in [-0.25, -0.2) is 0 Å². The Labute approximate surface area is 106 Å². The molecule has 0 spiro atoms. The van der Waals surface area contributed by atoms with Gasteiger partial charge in [-0.15, -0.1) is 0 Å². The molecule has 1 N–H and O–H groups in total. The molecule has 0 saturated carbocycles. The van der Waals surface area contributed by atoms with E-state index in [1.54, 1.807) is 0 Å². The van der Waals surface area contributed by atoms with Crippen LogP contribution in [-0.4, -0.2) is 26.7 Å². The standard InChI is InChI=1S/C13H19BrN2/c1-16(9-7-11-6-8-15-10-11)13-5-3-2-4-12(13)14/h2-5,11,15H,6-10H2,1H3. The van der Waals surface area contributed by atoms with E-state index < -0.39 is 0 Å². The van der Waals surface area contributed by atoms with Crippen molar-refractivity contribution in [1.82, 2.24) is 5.32 Å². The molecule has 2 rings (SSSR count). The Bertz CT molecular complexity index is 334. The monoisotopic (exact) mass is 282 g/mol. The first-order chi connectivity index (χ1) is 7.77. The Kier molecular flexibility index (Phi) is 4.24. The molecule has 0 aromatic heterocycles. The number of rotatable bonds is 4. The topological polar surface area (TPSA) is 15.3 Å². The van der Waals surface area contributed by atoms with Crippen LogP contribution in [0, 0.1) is 5.92 Å². The van der Waals surface area contributed by atoms with Gasteiger partial charge < -0.3 is 10.2 Å². The van der Waals surface area contributed by atoms with E-state index >= 15 is 0 Å². The third-order valence-corrected chi connectivity index (χ3v) is 3.97. The van der Waals surface area contributed by atoms with Crippen LogP contribution < -0.4 is 10.2 Å². The van der Waals surface area contributed by atoms with Gasteiger partial charge in [0.2, 0.25) is 0 Å². The first kappa shape index (κ1) is 11.9. The SMILES string of the molecule is CN(CCC1CCNC1)c1ccccc1Br.